The molecule has 0 bridgehead atoms. The number of hydrogen-bond donors (Lipinski definition) is 0. The first-order valence-electron chi connectivity index (χ1n) is 9.97. The highest BCUT2D eigenvalue weighted by atomic mass is 14.6. The van der Waals surface area contributed by atoms with Gasteiger partial charge in [0.05, 0.1) is 0 Å². The summed E-state index contributed by atoms with van der Waals surface area (Å²) >= 11 is 0. The van der Waals surface area contributed by atoms with Crippen LogP contribution in [0.15, 0.2) is 23.8 Å². The second-order valence-corrected chi connectivity index (χ2v) is 9.17. The van der Waals surface area contributed by atoms with Crippen LogP contribution in [0.5, 0.6) is 0 Å². The Labute approximate surface area is 137 Å². The van der Waals surface area contributed by atoms with E-state index in [9.17, 15) is 0 Å². The zero-order valence-corrected chi connectivity index (χ0v) is 14.9. The lowest BCUT2D eigenvalue weighted by molar-refractivity contribution is -0.0350. The van der Waals surface area contributed by atoms with Crippen LogP contribution >= 0.6 is 0 Å². The van der Waals surface area contributed by atoms with E-state index in [0.717, 1.165) is 23.7 Å². The maximum absolute atomic E-state index is 2.67. The average Bonchev–Trinajstić information content (AvgIpc) is 2.84. The quantitative estimate of drug-likeness (QED) is 0.508. The third-order valence-electron chi connectivity index (χ3n) is 8.44. The molecule has 0 amide bonds. The Bertz CT molecular complexity index is 498. The van der Waals surface area contributed by atoms with Crippen molar-refractivity contribution in [2.45, 2.75) is 78.6 Å². The van der Waals surface area contributed by atoms with Gasteiger partial charge in [0.15, 0.2) is 0 Å². The Morgan fingerprint density at radius 1 is 1.09 bits per heavy atom. The van der Waals surface area contributed by atoms with Gasteiger partial charge in [-0.1, -0.05) is 57.4 Å². The van der Waals surface area contributed by atoms with Gasteiger partial charge in [0.1, 0.15) is 0 Å². The van der Waals surface area contributed by atoms with Gasteiger partial charge in [-0.15, -0.1) is 0 Å². The number of allylic oxidation sites excluding steroid dienone is 4. The fourth-order valence-corrected chi connectivity index (χ4v) is 7.27. The molecule has 6 atom stereocenters. The van der Waals surface area contributed by atoms with E-state index in [-0.39, 0.29) is 0 Å². The topological polar surface area (TPSA) is 0 Å². The summed E-state index contributed by atoms with van der Waals surface area (Å²) < 4.78 is 0. The van der Waals surface area contributed by atoms with Crippen molar-refractivity contribution in [1.82, 2.24) is 0 Å². The van der Waals surface area contributed by atoms with Gasteiger partial charge in [-0.05, 0) is 74.0 Å². The van der Waals surface area contributed by atoms with Crippen molar-refractivity contribution in [2.75, 3.05) is 0 Å². The molecule has 0 aromatic heterocycles. The molecule has 0 unspecified atom stereocenters. The molecule has 3 fully saturated rings. The minimum atomic E-state index is 0.408. The Morgan fingerprint density at radius 3 is 2.77 bits per heavy atom. The predicted octanol–water partition coefficient (Wildman–Crippen LogP) is 6.53. The van der Waals surface area contributed by atoms with Crippen LogP contribution in [0.1, 0.15) is 78.6 Å². The Kier molecular flexibility index (Phi) is 3.59. The molecule has 4 aliphatic rings. The lowest BCUT2D eigenvalue weighted by Crippen LogP contribution is -2.49. The molecular weight excluding hydrogens is 264 g/mol. The monoisotopic (exact) mass is 298 g/mol. The van der Waals surface area contributed by atoms with Crippen molar-refractivity contribution in [3.05, 3.63) is 23.8 Å². The van der Waals surface area contributed by atoms with E-state index in [1.165, 1.54) is 57.8 Å². The Balaban J connectivity index is 1.64. The molecule has 0 aliphatic heterocycles. The van der Waals surface area contributed by atoms with Crippen LogP contribution in [0.3, 0.4) is 0 Å². The van der Waals surface area contributed by atoms with E-state index in [2.05, 4.69) is 39.0 Å². The van der Waals surface area contributed by atoms with E-state index in [0.29, 0.717) is 10.8 Å². The number of rotatable bonds is 2. The van der Waals surface area contributed by atoms with Gasteiger partial charge >= 0.3 is 0 Å². The van der Waals surface area contributed by atoms with Crippen molar-refractivity contribution in [3.8, 4) is 0 Å². The largest absolute Gasteiger partial charge is 0.0839 e. The lowest BCUT2D eigenvalue weighted by Gasteiger charge is -2.57. The molecule has 0 heterocycles. The molecule has 0 N–H and O–H groups in total. The molecule has 4 aliphatic carbocycles. The van der Waals surface area contributed by atoms with E-state index < -0.39 is 0 Å². The molecule has 0 aromatic rings. The summed E-state index contributed by atoms with van der Waals surface area (Å²) in [7, 11) is 0. The molecule has 0 radical (unpaired) electrons. The van der Waals surface area contributed by atoms with Gasteiger partial charge in [0.25, 0.3) is 0 Å². The maximum Gasteiger partial charge on any atom is 0.00936 e. The second kappa shape index (κ2) is 5.25. The minimum Gasteiger partial charge on any atom is -0.0839 e. The highest BCUT2D eigenvalue weighted by Crippen LogP contribution is 2.66. The summed E-state index contributed by atoms with van der Waals surface area (Å²) in [6.45, 7) is 7.62. The first-order chi connectivity index (χ1) is 10.6. The molecule has 4 rings (SSSR count). The number of fused-ring (bicyclic) bond motifs is 5. The Hall–Kier alpha value is -0.520. The molecular formula is C22H34. The fourth-order valence-electron chi connectivity index (χ4n) is 7.27. The minimum absolute atomic E-state index is 0.408. The standard InChI is InChI=1S/C22H34/c1-4-7-16-10-12-19-18-11-9-17-8-5-6-14-21(17,2)20(18)13-15-22(16,19)3/h6,8,14,16,18-20H,4-5,7,9-13,15H2,1-3H3/t16-,18-,19-,20-,21-,22+/m0/s1. The summed E-state index contributed by atoms with van der Waals surface area (Å²) in [5.74, 6) is 3.99. The normalized spacial score (nSPS) is 50.0. The zero-order chi connectivity index (χ0) is 15.4. The van der Waals surface area contributed by atoms with E-state index in [1.54, 1.807) is 5.57 Å². The summed E-state index contributed by atoms with van der Waals surface area (Å²) in [4.78, 5) is 0. The van der Waals surface area contributed by atoms with Gasteiger partial charge in [-0.2, -0.15) is 0 Å². The summed E-state index contributed by atoms with van der Waals surface area (Å²) in [5.41, 5.74) is 2.86. The van der Waals surface area contributed by atoms with Gasteiger partial charge < -0.3 is 0 Å². The number of hydrogen-bond acceptors (Lipinski definition) is 0. The Morgan fingerprint density at radius 2 is 1.95 bits per heavy atom. The maximum atomic E-state index is 2.67. The fraction of sp³-hybridized carbons (Fsp3) is 0.818. The van der Waals surface area contributed by atoms with Gasteiger partial charge in [-0.25, -0.2) is 0 Å². The third kappa shape index (κ3) is 1.95. The molecule has 0 spiro atoms. The van der Waals surface area contributed by atoms with Crippen LogP contribution in [0.2, 0.25) is 0 Å². The van der Waals surface area contributed by atoms with Crippen molar-refractivity contribution in [2.24, 2.45) is 34.5 Å². The highest BCUT2D eigenvalue weighted by Gasteiger charge is 2.57. The van der Waals surface area contributed by atoms with Gasteiger partial charge in [-0.3, -0.25) is 0 Å². The smallest absolute Gasteiger partial charge is 0.00936 e. The summed E-state index contributed by atoms with van der Waals surface area (Å²) in [6, 6.07) is 0. The van der Waals surface area contributed by atoms with Crippen molar-refractivity contribution < 1.29 is 0 Å². The van der Waals surface area contributed by atoms with Crippen molar-refractivity contribution in [1.29, 1.82) is 0 Å². The van der Waals surface area contributed by atoms with Crippen LogP contribution in [-0.2, 0) is 0 Å². The van der Waals surface area contributed by atoms with Crippen LogP contribution < -0.4 is 0 Å². The van der Waals surface area contributed by atoms with Crippen LogP contribution in [0.4, 0.5) is 0 Å². The first-order valence-corrected chi connectivity index (χ1v) is 9.97. The molecule has 3 saturated carbocycles. The predicted molar refractivity (Wildman–Crippen MR) is 94.6 cm³/mol. The van der Waals surface area contributed by atoms with E-state index in [4.69, 9.17) is 0 Å². The molecule has 0 heteroatoms. The molecule has 122 valence electrons. The molecule has 22 heavy (non-hydrogen) atoms. The molecule has 0 nitrogen and oxygen atoms in total. The van der Waals surface area contributed by atoms with Crippen molar-refractivity contribution in [3.63, 3.8) is 0 Å². The van der Waals surface area contributed by atoms with Crippen molar-refractivity contribution >= 4 is 0 Å². The third-order valence-corrected chi connectivity index (χ3v) is 8.44. The summed E-state index contributed by atoms with van der Waals surface area (Å²) in [6.07, 6.45) is 20.5. The average molecular weight is 299 g/mol. The molecule has 0 saturated heterocycles. The first kappa shape index (κ1) is 15.0. The summed E-state index contributed by atoms with van der Waals surface area (Å²) in [5, 5.41) is 0. The van der Waals surface area contributed by atoms with Gasteiger partial charge in [0, 0.05) is 5.41 Å². The second-order valence-electron chi connectivity index (χ2n) is 9.17. The van der Waals surface area contributed by atoms with E-state index >= 15 is 0 Å². The highest BCUT2D eigenvalue weighted by molar-refractivity contribution is 5.31. The lowest BCUT2D eigenvalue weighted by atomic mass is 9.47. The van der Waals surface area contributed by atoms with E-state index in [1.807, 2.05) is 0 Å². The van der Waals surface area contributed by atoms with Crippen LogP contribution in [0, 0.1) is 34.5 Å². The van der Waals surface area contributed by atoms with Crippen LogP contribution in [-0.4, -0.2) is 0 Å². The van der Waals surface area contributed by atoms with Gasteiger partial charge in [0.2, 0.25) is 0 Å². The molecule has 0 aromatic carbocycles. The zero-order valence-electron chi connectivity index (χ0n) is 14.9. The van der Waals surface area contributed by atoms with Crippen LogP contribution in [0.25, 0.3) is 0 Å². The SMILES string of the molecule is CCC[C@H]1CC[C@H]2[C@@H]3CCC4=CCC=C[C@]4(C)[C@H]3CC[C@]12C.